The Labute approximate surface area is 129 Å². The molecule has 19 heavy (non-hydrogen) atoms. The van der Waals surface area contributed by atoms with Crippen molar-refractivity contribution in [2.75, 3.05) is 18.8 Å². The van der Waals surface area contributed by atoms with Crippen molar-refractivity contribution < 1.29 is 8.42 Å². The lowest BCUT2D eigenvalue weighted by molar-refractivity contribution is 0.200. The quantitative estimate of drug-likeness (QED) is 0.747. The molecular formula is C11H15Br2N3O2S. The highest BCUT2D eigenvalue weighted by Gasteiger charge is 2.24. The van der Waals surface area contributed by atoms with Gasteiger partial charge in [-0.05, 0) is 40.9 Å². The first-order valence-electron chi connectivity index (χ1n) is 5.92. The topological polar surface area (TPSA) is 75.4 Å². The lowest BCUT2D eigenvalue weighted by Gasteiger charge is -2.27. The Morgan fingerprint density at radius 1 is 1.16 bits per heavy atom. The third-order valence-corrected chi connectivity index (χ3v) is 5.75. The maximum absolute atomic E-state index is 12.4. The molecule has 0 radical (unpaired) electrons. The van der Waals surface area contributed by atoms with Crippen LogP contribution in [-0.2, 0) is 10.0 Å². The van der Waals surface area contributed by atoms with Crippen molar-refractivity contribution >= 4 is 47.6 Å². The van der Waals surface area contributed by atoms with E-state index in [-0.39, 0.29) is 10.6 Å². The van der Waals surface area contributed by atoms with Crippen molar-refractivity contribution in [3.8, 4) is 0 Å². The molecule has 0 aliphatic carbocycles. The van der Waals surface area contributed by atoms with E-state index < -0.39 is 10.0 Å². The Morgan fingerprint density at radius 3 is 2.37 bits per heavy atom. The van der Waals surface area contributed by atoms with Crippen LogP contribution in [0.5, 0.6) is 0 Å². The summed E-state index contributed by atoms with van der Waals surface area (Å²) in [5.74, 6) is 0. The fourth-order valence-corrected chi connectivity index (χ4v) is 5.26. The van der Waals surface area contributed by atoms with Crippen molar-refractivity contribution in [1.29, 1.82) is 0 Å². The summed E-state index contributed by atoms with van der Waals surface area (Å²) in [7, 11) is -3.65. The number of hydrazine groups is 1. The van der Waals surface area contributed by atoms with E-state index in [1.54, 1.807) is 17.1 Å². The minimum atomic E-state index is -3.65. The maximum Gasteiger partial charge on any atom is 0.256 e. The van der Waals surface area contributed by atoms with Crippen LogP contribution in [0.2, 0.25) is 0 Å². The van der Waals surface area contributed by atoms with Gasteiger partial charge in [-0.3, -0.25) is 0 Å². The number of halogens is 2. The molecule has 0 aromatic heterocycles. The molecule has 0 saturated carbocycles. The van der Waals surface area contributed by atoms with E-state index in [1.807, 2.05) is 0 Å². The van der Waals surface area contributed by atoms with Crippen molar-refractivity contribution in [1.82, 2.24) is 9.84 Å². The molecule has 0 amide bonds. The Hall–Kier alpha value is -0.150. The van der Waals surface area contributed by atoms with Gasteiger partial charge < -0.3 is 5.73 Å². The lowest BCUT2D eigenvalue weighted by Crippen LogP contribution is -2.45. The molecule has 8 heteroatoms. The minimum Gasteiger partial charge on any atom is -0.398 e. The highest BCUT2D eigenvalue weighted by Crippen LogP contribution is 2.31. The number of sulfonamides is 1. The summed E-state index contributed by atoms with van der Waals surface area (Å²) < 4.78 is 25.9. The molecule has 1 fully saturated rings. The molecule has 0 bridgehead atoms. The van der Waals surface area contributed by atoms with Crippen molar-refractivity contribution in [3.05, 3.63) is 21.1 Å². The third-order valence-electron chi connectivity index (χ3n) is 2.91. The molecule has 2 rings (SSSR count). The van der Waals surface area contributed by atoms with Gasteiger partial charge >= 0.3 is 0 Å². The van der Waals surface area contributed by atoms with Crippen LogP contribution in [0.3, 0.4) is 0 Å². The predicted molar refractivity (Wildman–Crippen MR) is 82.0 cm³/mol. The van der Waals surface area contributed by atoms with Crippen LogP contribution in [0.4, 0.5) is 5.69 Å². The summed E-state index contributed by atoms with van der Waals surface area (Å²) in [5.41, 5.74) is 6.03. The van der Waals surface area contributed by atoms with E-state index in [1.165, 1.54) is 0 Å². The number of piperidine rings is 1. The van der Waals surface area contributed by atoms with E-state index in [0.717, 1.165) is 36.8 Å². The smallest absolute Gasteiger partial charge is 0.256 e. The fourth-order valence-electron chi connectivity index (χ4n) is 2.06. The van der Waals surface area contributed by atoms with Gasteiger partial charge in [0.25, 0.3) is 10.0 Å². The van der Waals surface area contributed by atoms with Gasteiger partial charge in [0.05, 0.1) is 5.69 Å². The molecule has 1 aliphatic rings. The van der Waals surface area contributed by atoms with Crippen LogP contribution in [0.25, 0.3) is 0 Å². The molecule has 1 aromatic rings. The van der Waals surface area contributed by atoms with Gasteiger partial charge in [-0.2, -0.15) is 0 Å². The van der Waals surface area contributed by atoms with Gasteiger partial charge in [0.15, 0.2) is 0 Å². The molecule has 0 unspecified atom stereocenters. The highest BCUT2D eigenvalue weighted by molar-refractivity contribution is 9.11. The molecule has 1 aliphatic heterocycles. The van der Waals surface area contributed by atoms with E-state index in [4.69, 9.17) is 5.73 Å². The number of nitrogens with one attached hydrogen (secondary N) is 1. The second-order valence-electron chi connectivity index (χ2n) is 4.45. The van der Waals surface area contributed by atoms with Crippen LogP contribution in [0.1, 0.15) is 19.3 Å². The summed E-state index contributed by atoms with van der Waals surface area (Å²) >= 11 is 6.53. The summed E-state index contributed by atoms with van der Waals surface area (Å²) in [6, 6.07) is 3.25. The number of benzene rings is 1. The van der Waals surface area contributed by atoms with E-state index in [9.17, 15) is 8.42 Å². The number of nitrogen functional groups attached to an aromatic ring is 1. The predicted octanol–water partition coefficient (Wildman–Crippen LogP) is 2.47. The fraction of sp³-hybridized carbons (Fsp3) is 0.455. The molecule has 106 valence electrons. The van der Waals surface area contributed by atoms with Gasteiger partial charge in [0, 0.05) is 22.0 Å². The molecule has 3 N–H and O–H groups in total. The SMILES string of the molecule is Nc1cc(Br)cc(Br)c1S(=O)(=O)NN1CCCCC1. The number of rotatable bonds is 3. The van der Waals surface area contributed by atoms with Crippen molar-refractivity contribution in [3.63, 3.8) is 0 Å². The summed E-state index contributed by atoms with van der Waals surface area (Å²) in [6.45, 7) is 1.46. The second kappa shape index (κ2) is 6.09. The number of hydrogen-bond donors (Lipinski definition) is 2. The number of hydrogen-bond acceptors (Lipinski definition) is 4. The number of nitrogens with zero attached hydrogens (tertiary/aromatic N) is 1. The zero-order valence-electron chi connectivity index (χ0n) is 10.2. The Morgan fingerprint density at radius 2 is 1.79 bits per heavy atom. The number of anilines is 1. The monoisotopic (exact) mass is 411 g/mol. The van der Waals surface area contributed by atoms with Crippen molar-refractivity contribution in [2.24, 2.45) is 0 Å². The molecule has 5 nitrogen and oxygen atoms in total. The first-order valence-corrected chi connectivity index (χ1v) is 8.99. The largest absolute Gasteiger partial charge is 0.398 e. The van der Waals surface area contributed by atoms with Gasteiger partial charge in [0.1, 0.15) is 4.90 Å². The summed E-state index contributed by atoms with van der Waals surface area (Å²) in [6.07, 6.45) is 3.14. The summed E-state index contributed by atoms with van der Waals surface area (Å²) in [4.78, 5) is 2.68. The van der Waals surface area contributed by atoms with Crippen LogP contribution >= 0.6 is 31.9 Å². The van der Waals surface area contributed by atoms with Crippen LogP contribution in [0, 0.1) is 0 Å². The molecular weight excluding hydrogens is 398 g/mol. The Kier molecular flexibility index (Phi) is 4.88. The number of nitrogens with two attached hydrogens (primary N) is 1. The summed E-state index contributed by atoms with van der Waals surface area (Å²) in [5, 5.41) is 1.73. The van der Waals surface area contributed by atoms with Crippen LogP contribution < -0.4 is 10.6 Å². The Balaban J connectivity index is 2.29. The normalized spacial score (nSPS) is 17.6. The maximum atomic E-state index is 12.4. The average Bonchev–Trinajstić information content (AvgIpc) is 2.27. The standard InChI is InChI=1S/C11H15Br2N3O2S/c12-8-6-9(13)11(10(14)7-8)19(17,18)15-16-4-2-1-3-5-16/h6-7,15H,1-5,14H2. The zero-order valence-corrected chi connectivity index (χ0v) is 14.2. The molecule has 0 spiro atoms. The zero-order chi connectivity index (χ0) is 14.0. The van der Waals surface area contributed by atoms with Crippen LogP contribution in [-0.4, -0.2) is 26.5 Å². The lowest BCUT2D eigenvalue weighted by atomic mass is 10.2. The van der Waals surface area contributed by atoms with E-state index in [0.29, 0.717) is 4.47 Å². The van der Waals surface area contributed by atoms with Crippen molar-refractivity contribution in [2.45, 2.75) is 24.2 Å². The van der Waals surface area contributed by atoms with Gasteiger partial charge in [-0.15, -0.1) is 4.83 Å². The van der Waals surface area contributed by atoms with E-state index >= 15 is 0 Å². The minimum absolute atomic E-state index is 0.0845. The van der Waals surface area contributed by atoms with Crippen LogP contribution in [0.15, 0.2) is 26.0 Å². The van der Waals surface area contributed by atoms with Gasteiger partial charge in [-0.25, -0.2) is 13.4 Å². The van der Waals surface area contributed by atoms with Gasteiger partial charge in [-0.1, -0.05) is 22.4 Å². The third kappa shape index (κ3) is 3.69. The molecule has 0 atom stereocenters. The molecule has 1 aromatic carbocycles. The highest BCUT2D eigenvalue weighted by atomic mass is 79.9. The molecule has 1 saturated heterocycles. The van der Waals surface area contributed by atoms with Gasteiger partial charge in [0.2, 0.25) is 0 Å². The first kappa shape index (κ1) is 15.2. The average molecular weight is 413 g/mol. The van der Waals surface area contributed by atoms with E-state index in [2.05, 4.69) is 36.7 Å². The Bertz CT molecular complexity index is 548. The second-order valence-corrected chi connectivity index (χ2v) is 7.82. The molecule has 1 heterocycles. The first-order chi connectivity index (χ1) is 8.90.